The predicted octanol–water partition coefficient (Wildman–Crippen LogP) is 3.29. The minimum Gasteiger partial charge on any atom is -0.387 e. The molecule has 0 amide bonds. The first-order valence-electron chi connectivity index (χ1n) is 12.0. The van der Waals surface area contributed by atoms with E-state index in [9.17, 15) is 0 Å². The first-order valence-corrected chi connectivity index (χ1v) is 12.9. The number of rotatable bonds is 11. The molecule has 0 aliphatic carbocycles. The molecule has 2 aliphatic rings. The van der Waals surface area contributed by atoms with Crippen molar-refractivity contribution in [3.8, 4) is 0 Å². The number of hydrogen-bond donors (Lipinski definition) is 3. The van der Waals surface area contributed by atoms with Crippen molar-refractivity contribution in [1.29, 1.82) is 5.41 Å². The molecule has 8 heteroatoms. The van der Waals surface area contributed by atoms with Crippen LogP contribution in [0.25, 0.3) is 0 Å². The Labute approximate surface area is 196 Å². The van der Waals surface area contributed by atoms with Gasteiger partial charge in [0.15, 0.2) is 0 Å². The first-order chi connectivity index (χ1) is 15.5. The van der Waals surface area contributed by atoms with Gasteiger partial charge in [-0.25, -0.2) is 4.98 Å². The summed E-state index contributed by atoms with van der Waals surface area (Å²) in [6.45, 7) is 11.8. The maximum absolute atomic E-state index is 7.65. The summed E-state index contributed by atoms with van der Waals surface area (Å²) in [6.07, 6.45) is 10.0. The molecule has 7 nitrogen and oxygen atoms in total. The monoisotopic (exact) mass is 457 g/mol. The van der Waals surface area contributed by atoms with Gasteiger partial charge >= 0.3 is 0 Å². The summed E-state index contributed by atoms with van der Waals surface area (Å²) >= 11 is 1.91. The molecule has 0 saturated carbocycles. The number of unbranched alkanes of at least 4 members (excludes halogenated alkanes) is 1. The third-order valence-electron chi connectivity index (χ3n) is 7.29. The summed E-state index contributed by atoms with van der Waals surface area (Å²) in [5, 5.41) is 9.88. The van der Waals surface area contributed by atoms with Gasteiger partial charge in [-0.15, -0.1) is 11.3 Å². The number of H-pyrrole nitrogens is 1. The molecular weight excluding hydrogens is 418 g/mol. The molecule has 2 aromatic rings. The Morgan fingerprint density at radius 1 is 1.25 bits per heavy atom. The highest BCUT2D eigenvalue weighted by atomic mass is 32.1. The van der Waals surface area contributed by atoms with Crippen molar-refractivity contribution in [1.82, 2.24) is 24.7 Å². The molecule has 0 bridgehead atoms. The summed E-state index contributed by atoms with van der Waals surface area (Å²) in [4.78, 5) is 16.6. The van der Waals surface area contributed by atoms with Gasteiger partial charge in [0, 0.05) is 30.4 Å². The summed E-state index contributed by atoms with van der Waals surface area (Å²) < 4.78 is 0. The van der Waals surface area contributed by atoms with E-state index in [4.69, 9.17) is 11.1 Å². The first kappa shape index (κ1) is 23.4. The van der Waals surface area contributed by atoms with E-state index in [-0.39, 0.29) is 5.84 Å². The van der Waals surface area contributed by atoms with Crippen LogP contribution in [-0.4, -0.2) is 76.3 Å². The van der Waals surface area contributed by atoms with Crippen LogP contribution < -0.4 is 5.73 Å². The molecule has 0 radical (unpaired) electrons. The number of hydrogen-bond acceptors (Lipinski definition) is 6. The van der Waals surface area contributed by atoms with Gasteiger partial charge in [0.25, 0.3) is 0 Å². The molecule has 1 spiro atoms. The highest BCUT2D eigenvalue weighted by Crippen LogP contribution is 2.40. The SMILES string of the molecule is Cc1ccsc1CN1CCC2(CC1)CCN(CCCCN(CC(=N)N)Cc1ncc[nH]1)C2. The molecule has 2 saturated heterocycles. The lowest BCUT2D eigenvalue weighted by molar-refractivity contribution is 0.103. The largest absolute Gasteiger partial charge is 0.387 e. The van der Waals surface area contributed by atoms with Crippen molar-refractivity contribution < 1.29 is 0 Å². The molecule has 4 heterocycles. The topological polar surface area (TPSA) is 88.3 Å². The van der Waals surface area contributed by atoms with Crippen molar-refractivity contribution in [3.05, 3.63) is 40.1 Å². The van der Waals surface area contributed by atoms with Crippen LogP contribution in [0, 0.1) is 17.7 Å². The second-order valence-electron chi connectivity index (χ2n) is 9.81. The van der Waals surface area contributed by atoms with E-state index in [1.165, 1.54) is 64.0 Å². The predicted molar refractivity (Wildman–Crippen MR) is 132 cm³/mol. The van der Waals surface area contributed by atoms with E-state index in [0.717, 1.165) is 31.9 Å². The maximum atomic E-state index is 7.65. The molecular formula is C24H39N7S. The lowest BCUT2D eigenvalue weighted by atomic mass is 9.78. The fourth-order valence-electron chi connectivity index (χ4n) is 5.30. The standard InChI is InChI=1S/C24H39N7S/c1-20-4-15-32-21(20)16-29-12-5-24(6-13-29)7-14-30(19-24)10-2-3-11-31(17-22(25)26)18-23-27-8-9-28-23/h4,8-9,15H,2-3,5-7,10-14,16-19H2,1H3,(H3,25,26)(H,27,28). The van der Waals surface area contributed by atoms with Crippen molar-refractivity contribution in [3.63, 3.8) is 0 Å². The number of aromatic amines is 1. The molecule has 2 aliphatic heterocycles. The van der Waals surface area contributed by atoms with Crippen LogP contribution in [0.1, 0.15) is 48.4 Å². The van der Waals surface area contributed by atoms with Gasteiger partial charge in [0.1, 0.15) is 11.7 Å². The van der Waals surface area contributed by atoms with Crippen LogP contribution in [0.15, 0.2) is 23.8 Å². The van der Waals surface area contributed by atoms with Crippen molar-refractivity contribution in [2.75, 3.05) is 45.8 Å². The van der Waals surface area contributed by atoms with Gasteiger partial charge in [0.05, 0.1) is 13.1 Å². The van der Waals surface area contributed by atoms with Crippen LogP contribution in [0.4, 0.5) is 0 Å². The van der Waals surface area contributed by atoms with E-state index < -0.39 is 0 Å². The number of amidine groups is 1. The minimum atomic E-state index is 0.221. The van der Waals surface area contributed by atoms with Crippen LogP contribution in [0.3, 0.4) is 0 Å². The molecule has 32 heavy (non-hydrogen) atoms. The zero-order chi connectivity index (χ0) is 22.4. The fourth-order valence-corrected chi connectivity index (χ4v) is 6.25. The van der Waals surface area contributed by atoms with Crippen LogP contribution in [-0.2, 0) is 13.1 Å². The molecule has 0 atom stereocenters. The molecule has 2 aromatic heterocycles. The zero-order valence-corrected chi connectivity index (χ0v) is 20.3. The van der Waals surface area contributed by atoms with Gasteiger partial charge in [-0.3, -0.25) is 15.2 Å². The Balaban J connectivity index is 1.15. The Hall–Kier alpha value is -1.74. The maximum Gasteiger partial charge on any atom is 0.120 e. The second kappa shape index (κ2) is 10.9. The molecule has 4 rings (SSSR count). The summed E-state index contributed by atoms with van der Waals surface area (Å²) in [6, 6.07) is 2.25. The van der Waals surface area contributed by atoms with E-state index in [1.807, 2.05) is 17.5 Å². The highest BCUT2D eigenvalue weighted by molar-refractivity contribution is 7.10. The summed E-state index contributed by atoms with van der Waals surface area (Å²) in [7, 11) is 0. The Morgan fingerprint density at radius 3 is 2.69 bits per heavy atom. The van der Waals surface area contributed by atoms with Crippen molar-refractivity contribution in [2.45, 2.75) is 52.1 Å². The van der Waals surface area contributed by atoms with E-state index >= 15 is 0 Å². The van der Waals surface area contributed by atoms with Crippen LogP contribution >= 0.6 is 11.3 Å². The average Bonchev–Trinajstić information content (AvgIpc) is 3.50. The van der Waals surface area contributed by atoms with E-state index in [0.29, 0.717) is 12.0 Å². The normalized spacial score (nSPS) is 19.3. The third-order valence-corrected chi connectivity index (χ3v) is 8.30. The quantitative estimate of drug-likeness (QED) is 0.274. The Kier molecular flexibility index (Phi) is 7.99. The highest BCUT2D eigenvalue weighted by Gasteiger charge is 2.40. The van der Waals surface area contributed by atoms with E-state index in [1.54, 1.807) is 11.1 Å². The summed E-state index contributed by atoms with van der Waals surface area (Å²) in [5.41, 5.74) is 7.67. The van der Waals surface area contributed by atoms with Gasteiger partial charge < -0.3 is 15.6 Å². The van der Waals surface area contributed by atoms with Crippen molar-refractivity contribution in [2.24, 2.45) is 11.1 Å². The number of imidazole rings is 1. The lowest BCUT2D eigenvalue weighted by Crippen LogP contribution is -2.41. The number of aryl methyl sites for hydroxylation is 1. The fraction of sp³-hybridized carbons (Fsp3) is 0.667. The smallest absolute Gasteiger partial charge is 0.120 e. The van der Waals surface area contributed by atoms with Gasteiger partial charge in [-0.05, 0) is 94.2 Å². The molecule has 4 N–H and O–H groups in total. The molecule has 2 fully saturated rings. The second-order valence-corrected chi connectivity index (χ2v) is 10.8. The lowest BCUT2D eigenvalue weighted by Gasteiger charge is -2.39. The van der Waals surface area contributed by atoms with Gasteiger partial charge in [-0.1, -0.05) is 0 Å². The average molecular weight is 458 g/mol. The number of likely N-dealkylation sites (tertiary alicyclic amines) is 2. The number of piperidine rings is 1. The summed E-state index contributed by atoms with van der Waals surface area (Å²) in [5.74, 6) is 1.16. The molecule has 0 unspecified atom stereocenters. The number of nitrogens with one attached hydrogen (secondary N) is 2. The number of aromatic nitrogens is 2. The number of nitrogens with two attached hydrogens (primary N) is 1. The van der Waals surface area contributed by atoms with Crippen LogP contribution in [0.2, 0.25) is 0 Å². The number of nitrogens with zero attached hydrogens (tertiary/aromatic N) is 4. The third kappa shape index (κ3) is 6.41. The minimum absolute atomic E-state index is 0.221. The molecule has 176 valence electrons. The van der Waals surface area contributed by atoms with E-state index in [2.05, 4.69) is 43.0 Å². The van der Waals surface area contributed by atoms with Crippen LogP contribution in [0.5, 0.6) is 0 Å². The molecule has 0 aromatic carbocycles. The Morgan fingerprint density at radius 2 is 2.03 bits per heavy atom. The van der Waals surface area contributed by atoms with Crippen molar-refractivity contribution >= 4 is 17.2 Å². The zero-order valence-electron chi connectivity index (χ0n) is 19.5. The van der Waals surface area contributed by atoms with Gasteiger partial charge in [-0.2, -0.15) is 0 Å². The number of thiophene rings is 1. The Bertz CT molecular complexity index is 838. The van der Waals surface area contributed by atoms with Gasteiger partial charge in [0.2, 0.25) is 0 Å².